The Morgan fingerprint density at radius 2 is 1.48 bits per heavy atom. The third-order valence-electron chi connectivity index (χ3n) is 2.67. The number of hydrazine groups is 1. The molecule has 0 bridgehead atoms. The molecule has 0 heterocycles. The molecule has 2 aromatic carbocycles. The van der Waals surface area contributed by atoms with Crippen molar-refractivity contribution in [2.45, 2.75) is 6.18 Å². The zero-order valence-corrected chi connectivity index (χ0v) is 11.3. The topological polar surface area (TPSA) is 32.3 Å². The molecular weight excluding hydrogens is 305 g/mol. The first-order valence-electron chi connectivity index (χ1n) is 5.86. The van der Waals surface area contributed by atoms with Crippen molar-refractivity contribution in [3.05, 3.63) is 60.2 Å². The Morgan fingerprint density at radius 3 is 1.95 bits per heavy atom. The molecule has 7 heteroatoms. The Bertz CT molecular complexity index is 614. The minimum atomic E-state index is -4.41. The molecule has 0 spiro atoms. The van der Waals surface area contributed by atoms with Crippen LogP contribution in [0.1, 0.15) is 5.56 Å². The second-order valence-electron chi connectivity index (χ2n) is 4.10. The summed E-state index contributed by atoms with van der Waals surface area (Å²) in [6, 6.07) is 13.0. The van der Waals surface area contributed by atoms with Gasteiger partial charge in [-0.05, 0) is 48.0 Å². The van der Waals surface area contributed by atoms with Crippen LogP contribution in [0.4, 0.5) is 29.3 Å². The van der Waals surface area contributed by atoms with Crippen LogP contribution < -0.4 is 10.4 Å². The zero-order chi connectivity index (χ0) is 15.5. The zero-order valence-electron chi connectivity index (χ0n) is 10.6. The van der Waals surface area contributed by atoms with Crippen LogP contribution in [0.3, 0.4) is 0 Å². The summed E-state index contributed by atoms with van der Waals surface area (Å²) in [7, 11) is 0. The van der Waals surface area contributed by atoms with Gasteiger partial charge in [-0.1, -0.05) is 18.2 Å². The smallest absolute Gasteiger partial charge is 0.254 e. The lowest BCUT2D eigenvalue weighted by Gasteiger charge is -2.24. The normalized spacial score (nSPS) is 11.0. The number of nitrogens with zero attached hydrogens (tertiary/aromatic N) is 1. The van der Waals surface area contributed by atoms with Gasteiger partial charge in [-0.3, -0.25) is 9.80 Å². The Balaban J connectivity index is 2.36. The van der Waals surface area contributed by atoms with Crippen molar-refractivity contribution in [2.24, 2.45) is 0 Å². The monoisotopic (exact) mass is 314 g/mol. The summed E-state index contributed by atoms with van der Waals surface area (Å²) in [5, 5.41) is 0.453. The van der Waals surface area contributed by atoms with Crippen LogP contribution in [0.5, 0.6) is 0 Å². The number of halogens is 4. The highest BCUT2D eigenvalue weighted by Crippen LogP contribution is 2.31. The van der Waals surface area contributed by atoms with Crippen molar-refractivity contribution in [3.63, 3.8) is 0 Å². The summed E-state index contributed by atoms with van der Waals surface area (Å²) < 4.78 is 37.6. The number of nitrogens with one attached hydrogen (secondary N) is 1. The molecule has 1 N–H and O–H groups in total. The van der Waals surface area contributed by atoms with Crippen LogP contribution in [-0.2, 0) is 6.18 Å². The van der Waals surface area contributed by atoms with Crippen molar-refractivity contribution in [1.82, 2.24) is 5.43 Å². The first kappa shape index (κ1) is 15.2. The molecule has 0 aromatic heterocycles. The maximum absolute atomic E-state index is 12.5. The number of hydrogen-bond donors (Lipinski definition) is 1. The van der Waals surface area contributed by atoms with Gasteiger partial charge in [0.05, 0.1) is 16.9 Å². The second kappa shape index (κ2) is 6.05. The molecular formula is C14H10ClF3N2O. The van der Waals surface area contributed by atoms with Crippen LogP contribution in [0, 0.1) is 0 Å². The number of benzene rings is 2. The Morgan fingerprint density at radius 1 is 0.952 bits per heavy atom. The predicted octanol–water partition coefficient (Wildman–Crippen LogP) is 4.71. The third kappa shape index (κ3) is 3.88. The molecule has 0 aliphatic carbocycles. The van der Waals surface area contributed by atoms with Gasteiger partial charge in [0.2, 0.25) is 0 Å². The second-order valence-corrected chi connectivity index (χ2v) is 4.44. The van der Waals surface area contributed by atoms with E-state index < -0.39 is 17.1 Å². The lowest BCUT2D eigenvalue weighted by molar-refractivity contribution is -0.137. The van der Waals surface area contributed by atoms with E-state index in [9.17, 15) is 18.0 Å². The van der Waals surface area contributed by atoms with Gasteiger partial charge in [0.1, 0.15) is 0 Å². The maximum atomic E-state index is 12.5. The molecule has 110 valence electrons. The van der Waals surface area contributed by atoms with E-state index in [0.717, 1.165) is 12.1 Å². The maximum Gasteiger partial charge on any atom is 0.416 e. The Hall–Kier alpha value is -2.21. The third-order valence-corrected chi connectivity index (χ3v) is 2.75. The molecule has 0 fully saturated rings. The number of alkyl halides is 3. The molecule has 2 aromatic rings. The first-order chi connectivity index (χ1) is 9.88. The molecule has 21 heavy (non-hydrogen) atoms. The van der Waals surface area contributed by atoms with Crippen molar-refractivity contribution >= 4 is 28.3 Å². The Labute approximate surface area is 123 Å². The van der Waals surface area contributed by atoms with Gasteiger partial charge in [-0.15, -0.1) is 0 Å². The molecule has 0 aliphatic heterocycles. The lowest BCUT2D eigenvalue weighted by Crippen LogP contribution is -2.35. The average Bonchev–Trinajstić information content (AvgIpc) is 2.45. The van der Waals surface area contributed by atoms with Crippen LogP contribution >= 0.6 is 11.6 Å². The van der Waals surface area contributed by atoms with E-state index in [1.807, 2.05) is 0 Å². The van der Waals surface area contributed by atoms with Gasteiger partial charge in [-0.25, -0.2) is 5.43 Å². The average molecular weight is 315 g/mol. The number of hydrogen-bond acceptors (Lipinski definition) is 2. The minimum absolute atomic E-state index is 0.350. The Kier molecular flexibility index (Phi) is 4.37. The lowest BCUT2D eigenvalue weighted by atomic mass is 10.2. The van der Waals surface area contributed by atoms with E-state index in [1.54, 1.807) is 30.3 Å². The molecule has 0 atom stereocenters. The number of anilines is 2. The standard InChI is InChI=1S/C14H10ClF3N2O/c15-13(21)19-20(11-4-2-1-3-5-11)12-8-6-10(7-9-12)14(16,17)18/h1-9H,(H,19,21). The number of amides is 1. The highest BCUT2D eigenvalue weighted by molar-refractivity contribution is 6.63. The highest BCUT2D eigenvalue weighted by Gasteiger charge is 2.30. The van der Waals surface area contributed by atoms with Crippen molar-refractivity contribution in [3.8, 4) is 0 Å². The predicted molar refractivity (Wildman–Crippen MR) is 74.4 cm³/mol. The number of carbonyl (C=O) groups is 1. The number of carbonyl (C=O) groups excluding carboxylic acids is 1. The van der Waals surface area contributed by atoms with E-state index in [-0.39, 0.29) is 0 Å². The van der Waals surface area contributed by atoms with Crippen molar-refractivity contribution < 1.29 is 18.0 Å². The molecule has 0 unspecified atom stereocenters. The summed E-state index contributed by atoms with van der Waals surface area (Å²) >= 11 is 5.30. The molecule has 0 saturated carbocycles. The van der Waals surface area contributed by atoms with Crippen LogP contribution in [0.2, 0.25) is 0 Å². The molecule has 0 aliphatic rings. The van der Waals surface area contributed by atoms with Crippen LogP contribution in [0.25, 0.3) is 0 Å². The van der Waals surface area contributed by atoms with E-state index in [2.05, 4.69) is 5.43 Å². The SMILES string of the molecule is O=C(Cl)NN(c1ccccc1)c1ccc(C(F)(F)F)cc1. The molecule has 2 rings (SSSR count). The first-order valence-corrected chi connectivity index (χ1v) is 6.24. The van der Waals surface area contributed by atoms with Gasteiger partial charge in [0.15, 0.2) is 0 Å². The largest absolute Gasteiger partial charge is 0.416 e. The number of rotatable bonds is 3. The van der Waals surface area contributed by atoms with Gasteiger partial charge in [-0.2, -0.15) is 13.2 Å². The van der Waals surface area contributed by atoms with Crippen molar-refractivity contribution in [2.75, 3.05) is 5.01 Å². The highest BCUT2D eigenvalue weighted by atomic mass is 35.5. The van der Waals surface area contributed by atoms with Gasteiger partial charge in [0.25, 0.3) is 0 Å². The van der Waals surface area contributed by atoms with E-state index >= 15 is 0 Å². The van der Waals surface area contributed by atoms with Crippen LogP contribution in [0.15, 0.2) is 54.6 Å². The summed E-state index contributed by atoms with van der Waals surface area (Å²) in [5.41, 5.74) is 2.49. The summed E-state index contributed by atoms with van der Waals surface area (Å²) in [6.45, 7) is 0. The summed E-state index contributed by atoms with van der Waals surface area (Å²) in [4.78, 5) is 11.1. The molecule has 1 amide bonds. The molecule has 0 radical (unpaired) electrons. The fraction of sp³-hybridized carbons (Fsp3) is 0.0714. The summed E-state index contributed by atoms with van der Waals surface area (Å²) in [6.07, 6.45) is -4.41. The fourth-order valence-electron chi connectivity index (χ4n) is 1.74. The van der Waals surface area contributed by atoms with E-state index in [1.165, 1.54) is 17.1 Å². The number of para-hydroxylation sites is 1. The van der Waals surface area contributed by atoms with E-state index in [0.29, 0.717) is 11.4 Å². The minimum Gasteiger partial charge on any atom is -0.254 e. The molecule has 3 nitrogen and oxygen atoms in total. The molecule has 0 saturated heterocycles. The quantitative estimate of drug-likeness (QED) is 0.505. The van der Waals surface area contributed by atoms with E-state index in [4.69, 9.17) is 11.6 Å². The van der Waals surface area contributed by atoms with Gasteiger partial charge < -0.3 is 0 Å². The van der Waals surface area contributed by atoms with Gasteiger partial charge >= 0.3 is 11.5 Å². The van der Waals surface area contributed by atoms with Crippen LogP contribution in [-0.4, -0.2) is 5.37 Å². The fourth-order valence-corrected chi connectivity index (χ4v) is 1.83. The summed E-state index contributed by atoms with van der Waals surface area (Å²) in [5.74, 6) is 0. The van der Waals surface area contributed by atoms with Crippen molar-refractivity contribution in [1.29, 1.82) is 0 Å². The van der Waals surface area contributed by atoms with Gasteiger partial charge in [0, 0.05) is 0 Å².